The molecule has 0 bridgehead atoms. The number of hydrogen-bond donors (Lipinski definition) is 1. The molecule has 7 nitrogen and oxygen atoms in total. The zero-order chi connectivity index (χ0) is 17.1. The highest BCUT2D eigenvalue weighted by molar-refractivity contribution is 5.78. The maximum Gasteiger partial charge on any atom is 0.258 e. The SMILES string of the molecule is Cc1nn(C)c(C)c1[C@H]1OCC[C@@H]1NC(=O)COc1cccnc1. The lowest BCUT2D eigenvalue weighted by Gasteiger charge is -2.20. The van der Waals surface area contributed by atoms with Gasteiger partial charge in [-0.2, -0.15) is 5.10 Å². The van der Waals surface area contributed by atoms with Crippen molar-refractivity contribution in [3.8, 4) is 5.75 Å². The van der Waals surface area contributed by atoms with E-state index in [9.17, 15) is 4.79 Å². The van der Waals surface area contributed by atoms with Crippen LogP contribution in [0.2, 0.25) is 0 Å². The molecule has 1 aliphatic rings. The van der Waals surface area contributed by atoms with Gasteiger partial charge in [0, 0.05) is 31.1 Å². The van der Waals surface area contributed by atoms with Gasteiger partial charge in [0.1, 0.15) is 11.9 Å². The van der Waals surface area contributed by atoms with Gasteiger partial charge in [0.05, 0.1) is 17.9 Å². The smallest absolute Gasteiger partial charge is 0.258 e. The van der Waals surface area contributed by atoms with Crippen molar-refractivity contribution in [2.45, 2.75) is 32.4 Å². The second-order valence-electron chi connectivity index (χ2n) is 5.94. The van der Waals surface area contributed by atoms with Crippen LogP contribution >= 0.6 is 0 Å². The van der Waals surface area contributed by atoms with Crippen molar-refractivity contribution in [1.82, 2.24) is 20.1 Å². The van der Waals surface area contributed by atoms with Gasteiger partial charge in [-0.1, -0.05) is 0 Å². The number of aromatic nitrogens is 3. The Hall–Kier alpha value is -2.41. The number of carbonyl (C=O) groups is 1. The zero-order valence-corrected chi connectivity index (χ0v) is 14.2. The average Bonchev–Trinajstić information content (AvgIpc) is 3.11. The fourth-order valence-electron chi connectivity index (χ4n) is 3.05. The molecule has 128 valence electrons. The molecular formula is C17H22N4O3. The molecule has 24 heavy (non-hydrogen) atoms. The van der Waals surface area contributed by atoms with E-state index in [0.29, 0.717) is 12.4 Å². The number of hydrogen-bond acceptors (Lipinski definition) is 5. The minimum atomic E-state index is -0.168. The average molecular weight is 330 g/mol. The molecule has 1 N–H and O–H groups in total. The summed E-state index contributed by atoms with van der Waals surface area (Å²) < 4.78 is 13.2. The minimum absolute atomic E-state index is 0.0417. The molecular weight excluding hydrogens is 308 g/mol. The summed E-state index contributed by atoms with van der Waals surface area (Å²) in [6.07, 6.45) is 3.85. The van der Waals surface area contributed by atoms with Gasteiger partial charge in [-0.25, -0.2) is 0 Å². The maximum atomic E-state index is 12.2. The minimum Gasteiger partial charge on any atom is -0.482 e. The fourth-order valence-corrected chi connectivity index (χ4v) is 3.05. The lowest BCUT2D eigenvalue weighted by Crippen LogP contribution is -2.39. The van der Waals surface area contributed by atoms with E-state index < -0.39 is 0 Å². The molecule has 2 aromatic heterocycles. The molecule has 0 aromatic carbocycles. The van der Waals surface area contributed by atoms with Crippen molar-refractivity contribution >= 4 is 5.91 Å². The van der Waals surface area contributed by atoms with E-state index in [0.717, 1.165) is 23.4 Å². The molecule has 3 rings (SSSR count). The van der Waals surface area contributed by atoms with Gasteiger partial charge in [-0.05, 0) is 32.4 Å². The molecule has 2 atom stereocenters. The summed E-state index contributed by atoms with van der Waals surface area (Å²) in [4.78, 5) is 16.1. The highest BCUT2D eigenvalue weighted by Gasteiger charge is 2.34. The van der Waals surface area contributed by atoms with Crippen LogP contribution in [0.15, 0.2) is 24.5 Å². The van der Waals surface area contributed by atoms with Gasteiger partial charge in [0.25, 0.3) is 5.91 Å². The predicted octanol–water partition coefficient (Wildman–Crippen LogP) is 1.46. The van der Waals surface area contributed by atoms with Crippen LogP contribution in [-0.2, 0) is 16.6 Å². The number of ether oxygens (including phenoxy) is 2. The van der Waals surface area contributed by atoms with E-state index in [4.69, 9.17) is 9.47 Å². The Morgan fingerprint density at radius 3 is 3.00 bits per heavy atom. The highest BCUT2D eigenvalue weighted by atomic mass is 16.5. The van der Waals surface area contributed by atoms with Gasteiger partial charge in [-0.15, -0.1) is 0 Å². The molecule has 0 unspecified atom stereocenters. The third kappa shape index (κ3) is 3.41. The summed E-state index contributed by atoms with van der Waals surface area (Å²) in [6.45, 7) is 4.56. The van der Waals surface area contributed by atoms with Crippen LogP contribution in [0.5, 0.6) is 5.75 Å². The van der Waals surface area contributed by atoms with Crippen LogP contribution in [0.4, 0.5) is 0 Å². The zero-order valence-electron chi connectivity index (χ0n) is 14.2. The van der Waals surface area contributed by atoms with Crippen molar-refractivity contribution in [3.63, 3.8) is 0 Å². The lowest BCUT2D eigenvalue weighted by atomic mass is 10.0. The van der Waals surface area contributed by atoms with E-state index in [2.05, 4.69) is 15.4 Å². The monoisotopic (exact) mass is 330 g/mol. The van der Waals surface area contributed by atoms with E-state index >= 15 is 0 Å². The molecule has 0 saturated carbocycles. The van der Waals surface area contributed by atoms with E-state index in [1.54, 1.807) is 24.5 Å². The van der Waals surface area contributed by atoms with Crippen molar-refractivity contribution in [2.24, 2.45) is 7.05 Å². The molecule has 1 amide bonds. The number of pyridine rings is 1. The normalized spacial score (nSPS) is 20.1. The number of aryl methyl sites for hydroxylation is 2. The number of carbonyl (C=O) groups excluding carboxylic acids is 1. The van der Waals surface area contributed by atoms with Gasteiger partial charge < -0.3 is 14.8 Å². The highest BCUT2D eigenvalue weighted by Crippen LogP contribution is 2.33. The van der Waals surface area contributed by atoms with E-state index in [1.807, 2.05) is 25.6 Å². The molecule has 0 aliphatic carbocycles. The summed E-state index contributed by atoms with van der Waals surface area (Å²) in [5.41, 5.74) is 3.06. The van der Waals surface area contributed by atoms with Crippen molar-refractivity contribution in [3.05, 3.63) is 41.5 Å². The third-order valence-electron chi connectivity index (χ3n) is 4.29. The fraction of sp³-hybridized carbons (Fsp3) is 0.471. The van der Waals surface area contributed by atoms with Gasteiger partial charge in [0.2, 0.25) is 0 Å². The van der Waals surface area contributed by atoms with E-state index in [1.165, 1.54) is 0 Å². The van der Waals surface area contributed by atoms with Gasteiger partial charge >= 0.3 is 0 Å². The first-order valence-corrected chi connectivity index (χ1v) is 8.00. The summed E-state index contributed by atoms with van der Waals surface area (Å²) in [5, 5.41) is 7.45. The maximum absolute atomic E-state index is 12.2. The number of amides is 1. The van der Waals surface area contributed by atoms with Gasteiger partial charge in [0.15, 0.2) is 6.61 Å². The summed E-state index contributed by atoms with van der Waals surface area (Å²) in [6, 6.07) is 3.46. The number of rotatable bonds is 5. The second kappa shape index (κ2) is 7.00. The topological polar surface area (TPSA) is 78.3 Å². The van der Waals surface area contributed by atoms with Gasteiger partial charge in [-0.3, -0.25) is 14.5 Å². The van der Waals surface area contributed by atoms with Crippen LogP contribution < -0.4 is 10.1 Å². The Morgan fingerprint density at radius 2 is 2.33 bits per heavy atom. The second-order valence-corrected chi connectivity index (χ2v) is 5.94. The first-order chi connectivity index (χ1) is 11.6. The first kappa shape index (κ1) is 16.4. The lowest BCUT2D eigenvalue weighted by molar-refractivity contribution is -0.124. The van der Waals surface area contributed by atoms with Crippen molar-refractivity contribution < 1.29 is 14.3 Å². The Bertz CT molecular complexity index is 714. The Balaban J connectivity index is 1.62. The standard InChI is InChI=1S/C17H22N4O3/c1-11-16(12(2)21(3)20-11)17-14(6-8-23-17)19-15(22)10-24-13-5-4-7-18-9-13/h4-5,7,9,14,17H,6,8,10H2,1-3H3,(H,19,22)/t14-,17-/m0/s1. The quantitative estimate of drug-likeness (QED) is 0.898. The predicted molar refractivity (Wildman–Crippen MR) is 87.7 cm³/mol. The third-order valence-corrected chi connectivity index (χ3v) is 4.29. The largest absolute Gasteiger partial charge is 0.482 e. The molecule has 2 aromatic rings. The Morgan fingerprint density at radius 1 is 1.50 bits per heavy atom. The van der Waals surface area contributed by atoms with Crippen LogP contribution in [-0.4, -0.2) is 39.9 Å². The summed E-state index contributed by atoms with van der Waals surface area (Å²) in [5.74, 6) is 0.407. The Labute approximate surface area is 141 Å². The number of nitrogens with zero attached hydrogens (tertiary/aromatic N) is 3. The Kier molecular flexibility index (Phi) is 4.80. The van der Waals surface area contributed by atoms with Crippen LogP contribution in [0.25, 0.3) is 0 Å². The first-order valence-electron chi connectivity index (χ1n) is 8.00. The van der Waals surface area contributed by atoms with Crippen molar-refractivity contribution in [2.75, 3.05) is 13.2 Å². The molecule has 1 aliphatic heterocycles. The number of nitrogens with one attached hydrogen (secondary N) is 1. The molecule has 1 saturated heterocycles. The van der Waals surface area contributed by atoms with Crippen LogP contribution in [0, 0.1) is 13.8 Å². The summed E-state index contributed by atoms with van der Waals surface area (Å²) in [7, 11) is 1.91. The van der Waals surface area contributed by atoms with Crippen LogP contribution in [0.3, 0.4) is 0 Å². The van der Waals surface area contributed by atoms with E-state index in [-0.39, 0.29) is 24.7 Å². The summed E-state index contributed by atoms with van der Waals surface area (Å²) >= 11 is 0. The molecule has 7 heteroatoms. The van der Waals surface area contributed by atoms with Crippen molar-refractivity contribution in [1.29, 1.82) is 0 Å². The van der Waals surface area contributed by atoms with Crippen LogP contribution in [0.1, 0.15) is 29.5 Å². The molecule has 3 heterocycles. The molecule has 0 radical (unpaired) electrons. The molecule has 0 spiro atoms. The molecule has 1 fully saturated rings.